The van der Waals surface area contributed by atoms with Crippen molar-refractivity contribution in [1.82, 2.24) is 9.80 Å². The number of unbranched alkanes of at least 4 members (excludes halogenated alkanes) is 4. The van der Waals surface area contributed by atoms with Crippen LogP contribution in [0.3, 0.4) is 0 Å². The number of aliphatic hydroxyl groups is 8. The molecule has 0 bridgehead atoms. The minimum absolute atomic E-state index is 0.141. The van der Waals surface area contributed by atoms with Gasteiger partial charge in [-0.3, -0.25) is 0 Å². The molecule has 2 fully saturated rings. The molecular formula is C21H38N2O10S4. The van der Waals surface area contributed by atoms with E-state index < -0.39 is 74.5 Å². The van der Waals surface area contributed by atoms with Gasteiger partial charge >= 0.3 is 0 Å². The SMILES string of the molecule is OC[C@H]1OC(N(CCCCCCCN(C(=S)S)C2O[C@H](CO)[C@@H](O)[C@H](O)[C@H]2O)C(=S)S)[C@H](O)[C@@H](O)[C@@H]1O. The van der Waals surface area contributed by atoms with Crippen molar-refractivity contribution in [2.75, 3.05) is 26.3 Å². The molecule has 0 radical (unpaired) electrons. The summed E-state index contributed by atoms with van der Waals surface area (Å²) in [4.78, 5) is 3.00. The van der Waals surface area contributed by atoms with E-state index in [0.717, 1.165) is 19.3 Å². The Morgan fingerprint density at radius 1 is 0.568 bits per heavy atom. The van der Waals surface area contributed by atoms with Gasteiger partial charge in [0.25, 0.3) is 0 Å². The van der Waals surface area contributed by atoms with Gasteiger partial charge in [-0.15, -0.1) is 25.3 Å². The van der Waals surface area contributed by atoms with Crippen molar-refractivity contribution in [3.8, 4) is 0 Å². The van der Waals surface area contributed by atoms with Crippen LogP contribution in [0.5, 0.6) is 0 Å². The second-order valence-electron chi connectivity index (χ2n) is 9.16. The number of ether oxygens (including phenoxy) is 2. The summed E-state index contributed by atoms with van der Waals surface area (Å²) in [5.41, 5.74) is 0. The van der Waals surface area contributed by atoms with Gasteiger partial charge in [0, 0.05) is 13.1 Å². The fourth-order valence-corrected chi connectivity index (χ4v) is 5.26. The zero-order chi connectivity index (χ0) is 27.9. The first-order valence-corrected chi connectivity index (χ1v) is 13.8. The minimum atomic E-state index is -1.51. The first-order chi connectivity index (χ1) is 17.5. The van der Waals surface area contributed by atoms with Crippen LogP contribution >= 0.6 is 49.7 Å². The number of aliphatic hydroxyl groups excluding tert-OH is 8. The Bertz CT molecular complexity index is 681. The average Bonchev–Trinajstić information content (AvgIpc) is 2.86. The van der Waals surface area contributed by atoms with E-state index in [-0.39, 0.29) is 8.64 Å². The molecular weight excluding hydrogens is 569 g/mol. The maximum atomic E-state index is 10.4. The Labute approximate surface area is 237 Å². The van der Waals surface area contributed by atoms with Gasteiger partial charge in [-0.25, -0.2) is 0 Å². The molecule has 0 aromatic carbocycles. The summed E-state index contributed by atoms with van der Waals surface area (Å²) in [6.45, 7) is -0.347. The summed E-state index contributed by atoms with van der Waals surface area (Å²) in [6.07, 6.45) is -9.38. The second-order valence-corrected chi connectivity index (χ2v) is 11.4. The summed E-state index contributed by atoms with van der Waals surface area (Å²) in [7, 11) is 0. The van der Waals surface area contributed by atoms with Gasteiger partial charge in [0.2, 0.25) is 0 Å². The Kier molecular flexibility index (Phi) is 14.2. The topological polar surface area (TPSA) is 187 Å². The van der Waals surface area contributed by atoms with Crippen LogP contribution in [0.1, 0.15) is 32.1 Å². The summed E-state index contributed by atoms with van der Waals surface area (Å²) < 4.78 is 11.4. The van der Waals surface area contributed by atoms with Crippen molar-refractivity contribution in [3.63, 3.8) is 0 Å². The van der Waals surface area contributed by atoms with Gasteiger partial charge < -0.3 is 60.1 Å². The van der Waals surface area contributed by atoms with Gasteiger partial charge in [-0.2, -0.15) is 0 Å². The number of hydrogen-bond donors (Lipinski definition) is 10. The fourth-order valence-electron chi connectivity index (χ4n) is 4.44. The average molecular weight is 607 g/mol. The van der Waals surface area contributed by atoms with Gasteiger partial charge in [-0.1, -0.05) is 43.7 Å². The summed E-state index contributed by atoms with van der Waals surface area (Å²) in [5.74, 6) is 0. The van der Waals surface area contributed by atoms with E-state index in [1.807, 2.05) is 0 Å². The minimum Gasteiger partial charge on any atom is -0.394 e. The Balaban J connectivity index is 1.81. The normalized spacial score (nSPS) is 36.3. The maximum Gasteiger partial charge on any atom is 0.160 e. The van der Waals surface area contributed by atoms with E-state index in [9.17, 15) is 40.9 Å². The van der Waals surface area contributed by atoms with E-state index >= 15 is 0 Å². The van der Waals surface area contributed by atoms with Crippen molar-refractivity contribution >= 4 is 58.3 Å². The highest BCUT2D eigenvalue weighted by Crippen LogP contribution is 2.27. The van der Waals surface area contributed by atoms with Gasteiger partial charge in [0.05, 0.1) is 13.2 Å². The van der Waals surface area contributed by atoms with Crippen LogP contribution in [0.15, 0.2) is 0 Å². The predicted octanol–water partition coefficient (Wildman–Crippen LogP) is -2.43. The number of nitrogens with zero attached hydrogens (tertiary/aromatic N) is 2. The first-order valence-electron chi connectivity index (χ1n) is 12.1. The molecule has 2 aliphatic rings. The zero-order valence-electron chi connectivity index (χ0n) is 20.1. The van der Waals surface area contributed by atoms with E-state index in [0.29, 0.717) is 25.9 Å². The number of thiocarbonyl (C=S) groups is 2. The second kappa shape index (κ2) is 15.8. The molecule has 0 saturated carbocycles. The highest BCUT2D eigenvalue weighted by Gasteiger charge is 2.47. The van der Waals surface area contributed by atoms with E-state index in [1.54, 1.807) is 0 Å². The van der Waals surface area contributed by atoms with Crippen LogP contribution in [0.25, 0.3) is 0 Å². The summed E-state index contributed by atoms with van der Waals surface area (Å²) in [5, 5.41) is 79.6. The van der Waals surface area contributed by atoms with Gasteiger partial charge in [0.1, 0.15) is 57.5 Å². The molecule has 0 amide bonds. The lowest BCUT2D eigenvalue weighted by Gasteiger charge is -2.45. The maximum absolute atomic E-state index is 10.4. The number of thiol groups is 2. The third kappa shape index (κ3) is 8.53. The molecule has 37 heavy (non-hydrogen) atoms. The van der Waals surface area contributed by atoms with Crippen molar-refractivity contribution in [2.24, 2.45) is 0 Å². The van der Waals surface area contributed by atoms with Crippen molar-refractivity contribution < 1.29 is 50.3 Å². The van der Waals surface area contributed by atoms with Gasteiger partial charge in [-0.05, 0) is 12.8 Å². The monoisotopic (exact) mass is 606 g/mol. The molecule has 0 spiro atoms. The molecule has 2 aliphatic heterocycles. The fraction of sp³-hybridized carbons (Fsp3) is 0.905. The molecule has 216 valence electrons. The lowest BCUT2D eigenvalue weighted by Crippen LogP contribution is -2.63. The molecule has 2 rings (SSSR count). The molecule has 0 aliphatic carbocycles. The standard InChI is InChI=1S/C21H38N2O10S4/c24-8-10-12(26)14(28)16(30)18(32-10)22(20(34)35)6-4-2-1-3-5-7-23(21(36)37)19-17(31)15(29)13(27)11(9-25)33-19/h10-19,24-31H,1-9H2,(H,34,35)(H,36,37)/t10-,11-,12-,13-,14+,15+,16-,17-,18?,19?/m1/s1. The molecule has 2 unspecified atom stereocenters. The number of hydrogen-bond acceptors (Lipinski definition) is 12. The van der Waals surface area contributed by atoms with Crippen LogP contribution in [0, 0.1) is 0 Å². The van der Waals surface area contributed by atoms with Gasteiger partial charge in [0.15, 0.2) is 12.5 Å². The first kappa shape index (κ1) is 33.3. The quantitative estimate of drug-likeness (QED) is 0.0642. The third-order valence-corrected chi connectivity index (χ3v) is 7.62. The molecule has 12 nitrogen and oxygen atoms in total. The molecule has 2 saturated heterocycles. The lowest BCUT2D eigenvalue weighted by molar-refractivity contribution is -0.254. The Hall–Kier alpha value is 0.0800. The van der Waals surface area contributed by atoms with E-state index in [1.165, 1.54) is 9.80 Å². The van der Waals surface area contributed by atoms with Crippen molar-refractivity contribution in [1.29, 1.82) is 0 Å². The highest BCUT2D eigenvalue weighted by molar-refractivity contribution is 8.11. The Morgan fingerprint density at radius 2 is 0.892 bits per heavy atom. The van der Waals surface area contributed by atoms with E-state index in [4.69, 9.17) is 33.9 Å². The largest absolute Gasteiger partial charge is 0.394 e. The van der Waals surface area contributed by atoms with Crippen LogP contribution in [0.4, 0.5) is 0 Å². The van der Waals surface area contributed by atoms with Crippen molar-refractivity contribution in [2.45, 2.75) is 93.4 Å². The van der Waals surface area contributed by atoms with Crippen LogP contribution < -0.4 is 0 Å². The van der Waals surface area contributed by atoms with Crippen LogP contribution in [-0.4, -0.2) is 147 Å². The van der Waals surface area contributed by atoms with Crippen LogP contribution in [-0.2, 0) is 9.47 Å². The summed E-state index contributed by atoms with van der Waals surface area (Å²) in [6, 6.07) is 0. The Morgan fingerprint density at radius 3 is 1.19 bits per heavy atom. The lowest BCUT2D eigenvalue weighted by atomic mass is 9.97. The van der Waals surface area contributed by atoms with Crippen molar-refractivity contribution in [3.05, 3.63) is 0 Å². The highest BCUT2D eigenvalue weighted by atomic mass is 32.1. The third-order valence-electron chi connectivity index (χ3n) is 6.64. The molecule has 8 N–H and O–H groups in total. The molecule has 10 atom stereocenters. The molecule has 0 aromatic rings. The molecule has 0 aromatic heterocycles. The summed E-state index contributed by atoms with van der Waals surface area (Å²) >= 11 is 18.7. The zero-order valence-corrected chi connectivity index (χ0v) is 23.6. The molecule has 16 heteroatoms. The predicted molar refractivity (Wildman–Crippen MR) is 147 cm³/mol. The molecule has 2 heterocycles. The smallest absolute Gasteiger partial charge is 0.160 e. The number of rotatable bonds is 12. The van der Waals surface area contributed by atoms with E-state index in [2.05, 4.69) is 25.3 Å². The van der Waals surface area contributed by atoms with Crippen LogP contribution in [0.2, 0.25) is 0 Å².